The molecule has 0 fully saturated rings. The van der Waals surface area contributed by atoms with Crippen LogP contribution in [0.2, 0.25) is 0 Å². The average Bonchev–Trinajstić information content (AvgIpc) is 3.27. The van der Waals surface area contributed by atoms with Crippen molar-refractivity contribution in [3.8, 4) is 11.5 Å². The molecule has 0 radical (unpaired) electrons. The van der Waals surface area contributed by atoms with Crippen molar-refractivity contribution in [2.24, 2.45) is 0 Å². The van der Waals surface area contributed by atoms with Crippen molar-refractivity contribution in [1.82, 2.24) is 15.5 Å². The number of amides is 1. The molecule has 168 valence electrons. The van der Waals surface area contributed by atoms with Gasteiger partial charge in [-0.2, -0.15) is 5.10 Å². The first-order valence-corrected chi connectivity index (χ1v) is 10.2. The van der Waals surface area contributed by atoms with Crippen LogP contribution in [0, 0.1) is 10.1 Å². The molecule has 1 heterocycles. The van der Waals surface area contributed by atoms with E-state index in [1.54, 1.807) is 14.2 Å². The number of non-ortho nitro benzene ring substituents is 1. The summed E-state index contributed by atoms with van der Waals surface area (Å²) in [6, 6.07) is 18.9. The summed E-state index contributed by atoms with van der Waals surface area (Å²) in [7, 11) is 3.20. The number of nitro benzene ring substituents is 1. The van der Waals surface area contributed by atoms with E-state index in [1.807, 2.05) is 48.5 Å². The molecule has 1 amide bonds. The molecular weight excluding hydrogens is 424 g/mol. The third-order valence-electron chi connectivity index (χ3n) is 5.39. The van der Waals surface area contributed by atoms with Crippen LogP contribution in [0.3, 0.4) is 0 Å². The van der Waals surface area contributed by atoms with Crippen LogP contribution in [0.15, 0.2) is 66.7 Å². The maximum Gasteiger partial charge on any atom is 0.272 e. The lowest BCUT2D eigenvalue weighted by Crippen LogP contribution is -2.30. The molecular formula is C24H22N4O5. The molecule has 1 atom stereocenters. The molecule has 0 aliphatic heterocycles. The maximum absolute atomic E-state index is 13.2. The molecule has 0 saturated heterocycles. The summed E-state index contributed by atoms with van der Waals surface area (Å²) < 4.78 is 10.5. The minimum atomic E-state index is -0.502. The van der Waals surface area contributed by atoms with Gasteiger partial charge >= 0.3 is 0 Å². The highest BCUT2D eigenvalue weighted by molar-refractivity contribution is 6.05. The first-order chi connectivity index (χ1) is 16.0. The van der Waals surface area contributed by atoms with E-state index in [2.05, 4.69) is 15.5 Å². The maximum atomic E-state index is 13.2. The first kappa shape index (κ1) is 21.8. The molecule has 9 nitrogen and oxygen atoms in total. The lowest BCUT2D eigenvalue weighted by atomic mass is 9.98. The van der Waals surface area contributed by atoms with Crippen LogP contribution in [-0.4, -0.2) is 35.2 Å². The summed E-state index contributed by atoms with van der Waals surface area (Å²) in [5, 5.41) is 21.4. The zero-order valence-corrected chi connectivity index (χ0v) is 18.1. The van der Waals surface area contributed by atoms with Crippen LogP contribution in [0.25, 0.3) is 10.9 Å². The highest BCUT2D eigenvalue weighted by atomic mass is 16.6. The van der Waals surface area contributed by atoms with Gasteiger partial charge in [0.1, 0.15) is 11.5 Å². The van der Waals surface area contributed by atoms with Crippen molar-refractivity contribution in [3.63, 3.8) is 0 Å². The topological polar surface area (TPSA) is 119 Å². The van der Waals surface area contributed by atoms with Crippen LogP contribution in [0.5, 0.6) is 11.5 Å². The fourth-order valence-corrected chi connectivity index (χ4v) is 3.60. The monoisotopic (exact) mass is 446 g/mol. The van der Waals surface area contributed by atoms with E-state index >= 15 is 0 Å². The fraction of sp³-hybridized carbons (Fsp3) is 0.167. The van der Waals surface area contributed by atoms with Gasteiger partial charge in [0.15, 0.2) is 5.69 Å². The Morgan fingerprint density at radius 3 is 2.27 bits per heavy atom. The quantitative estimate of drug-likeness (QED) is 0.309. The van der Waals surface area contributed by atoms with Gasteiger partial charge in [0.05, 0.1) is 30.7 Å². The molecule has 0 saturated carbocycles. The summed E-state index contributed by atoms with van der Waals surface area (Å²) >= 11 is 0. The highest BCUT2D eigenvalue weighted by Crippen LogP contribution is 2.25. The van der Waals surface area contributed by atoms with E-state index in [9.17, 15) is 14.9 Å². The van der Waals surface area contributed by atoms with Gasteiger partial charge in [-0.15, -0.1) is 0 Å². The zero-order chi connectivity index (χ0) is 23.4. The number of methoxy groups -OCH3 is 2. The summed E-state index contributed by atoms with van der Waals surface area (Å²) in [6.45, 7) is 0. The second kappa shape index (κ2) is 9.39. The van der Waals surface area contributed by atoms with Crippen LogP contribution >= 0.6 is 0 Å². The highest BCUT2D eigenvalue weighted by Gasteiger charge is 2.22. The molecule has 4 rings (SSSR count). The van der Waals surface area contributed by atoms with Gasteiger partial charge in [-0.05, 0) is 47.9 Å². The van der Waals surface area contributed by atoms with Gasteiger partial charge in [-0.25, -0.2) is 0 Å². The second-order valence-electron chi connectivity index (χ2n) is 7.41. The fourth-order valence-electron chi connectivity index (χ4n) is 3.60. The molecule has 0 bridgehead atoms. The molecule has 33 heavy (non-hydrogen) atoms. The van der Waals surface area contributed by atoms with E-state index in [-0.39, 0.29) is 17.4 Å². The third-order valence-corrected chi connectivity index (χ3v) is 5.39. The van der Waals surface area contributed by atoms with Crippen LogP contribution in [0.1, 0.15) is 27.7 Å². The number of ether oxygens (including phenoxy) is 2. The Hall–Kier alpha value is -4.40. The van der Waals surface area contributed by atoms with E-state index in [0.717, 1.165) is 16.9 Å². The number of rotatable bonds is 8. The molecule has 3 aromatic carbocycles. The molecule has 1 unspecified atom stereocenters. The normalized spacial score (nSPS) is 11.7. The lowest BCUT2D eigenvalue weighted by molar-refractivity contribution is -0.384. The van der Waals surface area contributed by atoms with Gasteiger partial charge < -0.3 is 14.8 Å². The summed E-state index contributed by atoms with van der Waals surface area (Å²) in [4.78, 5) is 23.9. The number of hydrogen-bond acceptors (Lipinski definition) is 6. The molecule has 2 N–H and O–H groups in total. The molecule has 9 heteroatoms. The van der Waals surface area contributed by atoms with Gasteiger partial charge in [0.2, 0.25) is 0 Å². The standard InChI is InChI=1S/C24H22N4O5/c1-32-18-8-3-15(4-9-18)13-22(16-5-10-19(33-2)11-6-16)25-24(29)23-20-14-17(28(30)31)7-12-21(20)26-27-23/h3-12,14,22H,13H2,1-2H3,(H,25,29)(H,26,27). The molecule has 1 aromatic heterocycles. The predicted molar refractivity (Wildman–Crippen MR) is 123 cm³/mol. The minimum absolute atomic E-state index is 0.0990. The number of benzene rings is 3. The van der Waals surface area contributed by atoms with Gasteiger partial charge in [0.25, 0.3) is 11.6 Å². The van der Waals surface area contributed by atoms with Crippen molar-refractivity contribution in [2.45, 2.75) is 12.5 Å². The Labute approximate surface area is 189 Å². The number of H-pyrrole nitrogens is 1. The van der Waals surface area contributed by atoms with Gasteiger partial charge in [0, 0.05) is 17.5 Å². The zero-order valence-electron chi connectivity index (χ0n) is 18.1. The van der Waals surface area contributed by atoms with Crippen LogP contribution in [0.4, 0.5) is 5.69 Å². The number of hydrogen-bond donors (Lipinski definition) is 2. The number of carbonyl (C=O) groups is 1. The Morgan fingerprint density at radius 1 is 1.03 bits per heavy atom. The SMILES string of the molecule is COc1ccc(CC(NC(=O)c2n[nH]c3ccc([N+](=O)[O-])cc23)c2ccc(OC)cc2)cc1. The Balaban J connectivity index is 1.64. The lowest BCUT2D eigenvalue weighted by Gasteiger charge is -2.20. The Morgan fingerprint density at radius 2 is 1.67 bits per heavy atom. The number of fused-ring (bicyclic) bond motifs is 1. The van der Waals surface area contributed by atoms with Crippen molar-refractivity contribution >= 4 is 22.5 Å². The van der Waals surface area contributed by atoms with E-state index < -0.39 is 10.8 Å². The smallest absolute Gasteiger partial charge is 0.272 e. The van der Waals surface area contributed by atoms with E-state index in [4.69, 9.17) is 9.47 Å². The molecule has 0 spiro atoms. The summed E-state index contributed by atoms with van der Waals surface area (Å²) in [6.07, 6.45) is 0.518. The number of aromatic nitrogens is 2. The minimum Gasteiger partial charge on any atom is -0.497 e. The number of carbonyl (C=O) groups excluding carboxylic acids is 1. The number of nitro groups is 1. The average molecular weight is 446 g/mol. The van der Waals surface area contributed by atoms with Gasteiger partial charge in [-0.1, -0.05) is 24.3 Å². The number of nitrogens with zero attached hydrogens (tertiary/aromatic N) is 2. The summed E-state index contributed by atoms with van der Waals surface area (Å²) in [5.41, 5.74) is 2.41. The second-order valence-corrected chi connectivity index (χ2v) is 7.41. The van der Waals surface area contributed by atoms with Gasteiger partial charge in [-0.3, -0.25) is 20.0 Å². The Bertz CT molecular complexity index is 1280. The van der Waals surface area contributed by atoms with Crippen molar-refractivity contribution in [3.05, 3.63) is 93.7 Å². The Kier molecular flexibility index (Phi) is 6.21. The van der Waals surface area contributed by atoms with E-state index in [0.29, 0.717) is 23.1 Å². The third kappa shape index (κ3) is 4.77. The molecule has 0 aliphatic carbocycles. The van der Waals surface area contributed by atoms with Crippen molar-refractivity contribution in [2.75, 3.05) is 14.2 Å². The van der Waals surface area contributed by atoms with E-state index in [1.165, 1.54) is 18.2 Å². The van der Waals surface area contributed by atoms with Crippen molar-refractivity contribution < 1.29 is 19.2 Å². The summed E-state index contributed by atoms with van der Waals surface area (Å²) in [5.74, 6) is 1.02. The number of aromatic amines is 1. The molecule has 0 aliphatic rings. The predicted octanol–water partition coefficient (Wildman–Crippen LogP) is 4.20. The van der Waals surface area contributed by atoms with Crippen LogP contribution in [-0.2, 0) is 6.42 Å². The first-order valence-electron chi connectivity index (χ1n) is 10.2. The number of nitrogens with one attached hydrogen (secondary N) is 2. The molecule has 4 aromatic rings. The van der Waals surface area contributed by atoms with Crippen molar-refractivity contribution in [1.29, 1.82) is 0 Å². The largest absolute Gasteiger partial charge is 0.497 e. The van der Waals surface area contributed by atoms with Crippen LogP contribution < -0.4 is 14.8 Å².